The highest BCUT2D eigenvalue weighted by Crippen LogP contribution is 2.62. The van der Waals surface area contributed by atoms with Crippen LogP contribution in [0, 0.1) is 0 Å². The molecule has 11 rings (SSSR count). The van der Waals surface area contributed by atoms with E-state index in [-0.39, 0.29) is 0 Å². The van der Waals surface area contributed by atoms with Crippen molar-refractivity contribution in [2.75, 3.05) is 0 Å². The highest BCUT2D eigenvalue weighted by Gasteiger charge is 2.49. The van der Waals surface area contributed by atoms with E-state index < -0.39 is 5.41 Å². The third kappa shape index (κ3) is 4.47. The van der Waals surface area contributed by atoms with Gasteiger partial charge < -0.3 is 4.74 Å². The van der Waals surface area contributed by atoms with Crippen LogP contribution in [-0.2, 0) is 5.41 Å². The predicted octanol–water partition coefficient (Wildman–Crippen LogP) is 12.2. The van der Waals surface area contributed by atoms with Crippen molar-refractivity contribution in [3.63, 3.8) is 0 Å². The van der Waals surface area contributed by atoms with Gasteiger partial charge in [0.15, 0.2) is 5.82 Å². The Kier molecular flexibility index (Phi) is 6.73. The monoisotopic (exact) mass is 689 g/mol. The van der Waals surface area contributed by atoms with Gasteiger partial charge in [0.05, 0.1) is 16.8 Å². The maximum absolute atomic E-state index is 6.98. The summed E-state index contributed by atoms with van der Waals surface area (Å²) < 4.78 is 6.98. The average molecular weight is 690 g/mol. The second-order valence-electron chi connectivity index (χ2n) is 13.9. The van der Waals surface area contributed by atoms with Gasteiger partial charge in [-0.3, -0.25) is 4.98 Å². The number of ether oxygens (including phenoxy) is 1. The molecule has 0 saturated carbocycles. The number of benzene rings is 7. The summed E-state index contributed by atoms with van der Waals surface area (Å²) in [6, 6.07) is 62.5. The van der Waals surface area contributed by atoms with Gasteiger partial charge in [-0.15, -0.1) is 0 Å². The molecule has 7 aromatic carbocycles. The zero-order valence-corrected chi connectivity index (χ0v) is 29.1. The number of rotatable bonds is 3. The molecule has 1 spiro atoms. The number of nitrogens with zero attached hydrogens (tertiary/aromatic N) is 3. The van der Waals surface area contributed by atoms with Crippen LogP contribution in [0.5, 0.6) is 11.5 Å². The predicted molar refractivity (Wildman–Crippen MR) is 216 cm³/mol. The van der Waals surface area contributed by atoms with E-state index in [4.69, 9.17) is 14.7 Å². The minimum atomic E-state index is -0.752. The number of pyridine rings is 1. The third-order valence-corrected chi connectivity index (χ3v) is 11.1. The van der Waals surface area contributed by atoms with Crippen molar-refractivity contribution in [2.45, 2.75) is 5.41 Å². The standard InChI is InChI=1S/C50H31N3O/c1-2-14-33(15-3-1)45-30-46(35-16-12-28-51-31-35)53-49(52-45)34-24-26-40-38-19-7-6-18-37(38)39-20-8-9-21-41(39)50(44(40)29-34)42-22-10-11-23-47(42)54-48-36-17-5-4-13-32(36)25-27-43(48)50/h1-31H. The number of para-hydroxylation sites is 1. The molecule has 0 N–H and O–H groups in total. The van der Waals surface area contributed by atoms with Crippen LogP contribution < -0.4 is 4.74 Å². The summed E-state index contributed by atoms with van der Waals surface area (Å²) in [5, 5.41) is 2.22. The molecule has 4 nitrogen and oxygen atoms in total. The SMILES string of the molecule is c1ccc(-c2cc(-c3cccnc3)nc(-c3ccc4c(c3)C3(c5ccccc5Oc5c3ccc3ccccc53)c3ccccc3-c3ccccc3-4)n2)cc1. The quantitative estimate of drug-likeness (QED) is 0.185. The van der Waals surface area contributed by atoms with Crippen molar-refractivity contribution in [1.29, 1.82) is 0 Å². The number of hydrogen-bond donors (Lipinski definition) is 0. The Morgan fingerprint density at radius 2 is 1.09 bits per heavy atom. The number of fused-ring (bicyclic) bond motifs is 13. The molecule has 1 aliphatic carbocycles. The van der Waals surface area contributed by atoms with Crippen molar-refractivity contribution in [2.24, 2.45) is 0 Å². The summed E-state index contributed by atoms with van der Waals surface area (Å²) in [7, 11) is 0. The van der Waals surface area contributed by atoms with E-state index in [2.05, 4.69) is 151 Å². The zero-order chi connectivity index (χ0) is 35.6. The van der Waals surface area contributed by atoms with E-state index in [9.17, 15) is 0 Å². The molecule has 0 radical (unpaired) electrons. The summed E-state index contributed by atoms with van der Waals surface area (Å²) in [6.45, 7) is 0. The van der Waals surface area contributed by atoms with E-state index in [1.54, 1.807) is 6.20 Å². The molecule has 4 heteroatoms. The fourth-order valence-corrected chi connectivity index (χ4v) is 8.72. The van der Waals surface area contributed by atoms with E-state index in [0.717, 1.165) is 72.6 Å². The summed E-state index contributed by atoms with van der Waals surface area (Å²) in [5.41, 5.74) is 13.1. The number of hydrogen-bond acceptors (Lipinski definition) is 4. The normalized spacial score (nSPS) is 14.9. The first-order valence-corrected chi connectivity index (χ1v) is 18.3. The average Bonchev–Trinajstić information content (AvgIpc) is 3.35. The first-order valence-electron chi connectivity index (χ1n) is 18.3. The zero-order valence-electron chi connectivity index (χ0n) is 29.1. The van der Waals surface area contributed by atoms with Crippen LogP contribution in [0.3, 0.4) is 0 Å². The van der Waals surface area contributed by atoms with Crippen LogP contribution in [0.15, 0.2) is 188 Å². The molecule has 0 saturated heterocycles. The Morgan fingerprint density at radius 1 is 0.426 bits per heavy atom. The Morgan fingerprint density at radius 3 is 1.91 bits per heavy atom. The smallest absolute Gasteiger partial charge is 0.160 e. The first-order chi connectivity index (χ1) is 26.8. The van der Waals surface area contributed by atoms with E-state index in [0.29, 0.717) is 5.82 Å². The van der Waals surface area contributed by atoms with Gasteiger partial charge in [-0.25, -0.2) is 9.97 Å². The Bertz CT molecular complexity index is 2860. The first kappa shape index (κ1) is 30.5. The second-order valence-corrected chi connectivity index (χ2v) is 13.9. The van der Waals surface area contributed by atoms with Gasteiger partial charge in [0.1, 0.15) is 11.5 Å². The molecule has 2 aromatic heterocycles. The molecular formula is C50H31N3O. The topological polar surface area (TPSA) is 47.9 Å². The molecule has 1 unspecified atom stereocenters. The van der Waals surface area contributed by atoms with Gasteiger partial charge in [-0.05, 0) is 69.1 Å². The maximum atomic E-state index is 6.98. The minimum Gasteiger partial charge on any atom is -0.456 e. The lowest BCUT2D eigenvalue weighted by molar-refractivity contribution is 0.440. The molecular weight excluding hydrogens is 659 g/mol. The highest BCUT2D eigenvalue weighted by molar-refractivity contribution is 5.98. The molecule has 252 valence electrons. The van der Waals surface area contributed by atoms with Gasteiger partial charge in [0, 0.05) is 45.6 Å². The molecule has 3 heterocycles. The highest BCUT2D eigenvalue weighted by atomic mass is 16.5. The van der Waals surface area contributed by atoms with E-state index >= 15 is 0 Å². The molecule has 1 aliphatic heterocycles. The fraction of sp³-hybridized carbons (Fsp3) is 0.0200. The third-order valence-electron chi connectivity index (χ3n) is 11.1. The Balaban J connectivity index is 1.28. The van der Waals surface area contributed by atoms with Gasteiger partial charge in [0.2, 0.25) is 0 Å². The molecule has 0 bridgehead atoms. The lowest BCUT2D eigenvalue weighted by Crippen LogP contribution is -2.35. The minimum absolute atomic E-state index is 0.651. The van der Waals surface area contributed by atoms with Crippen LogP contribution >= 0.6 is 0 Å². The molecule has 0 amide bonds. The van der Waals surface area contributed by atoms with E-state index in [1.807, 2.05) is 36.5 Å². The van der Waals surface area contributed by atoms with Gasteiger partial charge in [-0.1, -0.05) is 146 Å². The fourth-order valence-electron chi connectivity index (χ4n) is 8.72. The Hall–Kier alpha value is -7.17. The van der Waals surface area contributed by atoms with Crippen molar-refractivity contribution in [1.82, 2.24) is 15.0 Å². The largest absolute Gasteiger partial charge is 0.456 e. The van der Waals surface area contributed by atoms with Crippen molar-refractivity contribution in [3.8, 4) is 67.7 Å². The van der Waals surface area contributed by atoms with E-state index in [1.165, 1.54) is 22.3 Å². The van der Waals surface area contributed by atoms with Crippen LogP contribution in [0.1, 0.15) is 22.3 Å². The van der Waals surface area contributed by atoms with Gasteiger partial charge >= 0.3 is 0 Å². The molecule has 9 aromatic rings. The molecule has 2 aliphatic rings. The van der Waals surface area contributed by atoms with Crippen LogP contribution in [-0.4, -0.2) is 15.0 Å². The van der Waals surface area contributed by atoms with Crippen molar-refractivity contribution in [3.05, 3.63) is 211 Å². The van der Waals surface area contributed by atoms with Crippen LogP contribution in [0.4, 0.5) is 0 Å². The maximum Gasteiger partial charge on any atom is 0.160 e. The van der Waals surface area contributed by atoms with Gasteiger partial charge in [0.25, 0.3) is 0 Å². The molecule has 54 heavy (non-hydrogen) atoms. The molecule has 1 atom stereocenters. The Labute approximate surface area is 313 Å². The summed E-state index contributed by atoms with van der Waals surface area (Å²) >= 11 is 0. The lowest BCUT2D eigenvalue weighted by atomic mass is 9.61. The van der Waals surface area contributed by atoms with Crippen molar-refractivity contribution < 1.29 is 4.74 Å². The van der Waals surface area contributed by atoms with Crippen LogP contribution in [0.2, 0.25) is 0 Å². The summed E-state index contributed by atoms with van der Waals surface area (Å²) in [5.74, 6) is 2.38. The lowest BCUT2D eigenvalue weighted by Gasteiger charge is -2.42. The second kappa shape index (κ2) is 11.9. The van der Waals surface area contributed by atoms with Crippen molar-refractivity contribution >= 4 is 10.8 Å². The van der Waals surface area contributed by atoms with Gasteiger partial charge in [-0.2, -0.15) is 0 Å². The summed E-state index contributed by atoms with van der Waals surface area (Å²) in [6.07, 6.45) is 3.65. The molecule has 0 fully saturated rings. The van der Waals surface area contributed by atoms with Crippen LogP contribution in [0.25, 0.3) is 66.9 Å². The number of aromatic nitrogens is 3. The summed E-state index contributed by atoms with van der Waals surface area (Å²) in [4.78, 5) is 14.9.